The molecule has 6 nitrogen and oxygen atoms in total. The number of benzene rings is 1. The number of esters is 1. The van der Waals surface area contributed by atoms with Crippen LogP contribution in [-0.2, 0) is 33.9 Å². The van der Waals surface area contributed by atoms with Gasteiger partial charge in [0.2, 0.25) is 0 Å². The van der Waals surface area contributed by atoms with Gasteiger partial charge in [0.1, 0.15) is 0 Å². The molecule has 0 aromatic heterocycles. The lowest BCUT2D eigenvalue weighted by Gasteiger charge is -2.26. The summed E-state index contributed by atoms with van der Waals surface area (Å²) in [6.07, 6.45) is 0.156. The van der Waals surface area contributed by atoms with Gasteiger partial charge in [-0.25, -0.2) is 0 Å². The SMILES string of the molecule is CCOC(=O)[C@@H]1C[C@@]1(S(=O)c1ccc(C)cc1)P(=O)(OCC)OCC. The Morgan fingerprint density at radius 1 is 1.16 bits per heavy atom. The van der Waals surface area contributed by atoms with Crippen LogP contribution >= 0.6 is 7.60 Å². The van der Waals surface area contributed by atoms with Crippen LogP contribution in [0.5, 0.6) is 0 Å². The average molecular weight is 388 g/mol. The highest BCUT2D eigenvalue weighted by Gasteiger charge is 2.75. The van der Waals surface area contributed by atoms with Gasteiger partial charge in [-0.3, -0.25) is 13.6 Å². The van der Waals surface area contributed by atoms with Gasteiger partial charge in [0.05, 0.1) is 36.5 Å². The molecule has 2 rings (SSSR count). The Kier molecular flexibility index (Phi) is 6.60. The monoisotopic (exact) mass is 388 g/mol. The molecule has 1 aromatic carbocycles. The Morgan fingerprint density at radius 3 is 2.20 bits per heavy atom. The van der Waals surface area contributed by atoms with Crippen LogP contribution in [-0.4, -0.2) is 34.5 Å². The largest absolute Gasteiger partial charge is 0.466 e. The molecule has 3 atom stereocenters. The van der Waals surface area contributed by atoms with E-state index in [0.717, 1.165) is 5.56 Å². The van der Waals surface area contributed by atoms with E-state index in [1.54, 1.807) is 32.9 Å². The van der Waals surface area contributed by atoms with Crippen molar-refractivity contribution >= 4 is 24.4 Å². The van der Waals surface area contributed by atoms with Gasteiger partial charge in [0, 0.05) is 4.90 Å². The first-order valence-corrected chi connectivity index (χ1v) is 11.1. The number of hydrogen-bond donors (Lipinski definition) is 0. The molecule has 1 unspecified atom stereocenters. The molecule has 0 bridgehead atoms. The van der Waals surface area contributed by atoms with Crippen LogP contribution < -0.4 is 0 Å². The average Bonchev–Trinajstić information content (AvgIpc) is 3.33. The predicted molar refractivity (Wildman–Crippen MR) is 95.9 cm³/mol. The summed E-state index contributed by atoms with van der Waals surface area (Å²) < 4.78 is 41.4. The smallest absolute Gasteiger partial charge is 0.350 e. The van der Waals surface area contributed by atoms with Gasteiger partial charge in [-0.15, -0.1) is 0 Å². The van der Waals surface area contributed by atoms with Crippen molar-refractivity contribution in [2.75, 3.05) is 19.8 Å². The highest BCUT2D eigenvalue weighted by atomic mass is 32.2. The van der Waals surface area contributed by atoms with Crippen LogP contribution in [0.25, 0.3) is 0 Å². The predicted octanol–water partition coefficient (Wildman–Crippen LogP) is 3.65. The second-order valence-corrected chi connectivity index (χ2v) is 10.1. The third kappa shape index (κ3) is 3.75. The molecule has 0 N–H and O–H groups in total. The van der Waals surface area contributed by atoms with Crippen molar-refractivity contribution in [2.45, 2.75) is 43.5 Å². The Bertz CT molecular complexity index is 679. The molecule has 0 aliphatic heterocycles. The first-order valence-electron chi connectivity index (χ1n) is 8.40. The van der Waals surface area contributed by atoms with Gasteiger partial charge in [-0.1, -0.05) is 17.7 Å². The molecule has 1 aromatic rings. The second-order valence-electron chi connectivity index (χ2n) is 5.77. The van der Waals surface area contributed by atoms with Crippen LogP contribution in [0.4, 0.5) is 0 Å². The zero-order valence-corrected chi connectivity index (χ0v) is 16.7. The molecule has 1 aliphatic rings. The van der Waals surface area contributed by atoms with E-state index in [1.165, 1.54) is 0 Å². The molecule has 140 valence electrons. The van der Waals surface area contributed by atoms with E-state index in [9.17, 15) is 13.6 Å². The van der Waals surface area contributed by atoms with E-state index in [2.05, 4.69) is 0 Å². The lowest BCUT2D eigenvalue weighted by atomic mass is 10.2. The summed E-state index contributed by atoms with van der Waals surface area (Å²) >= 11 is 0. The number of carbonyl (C=O) groups is 1. The molecule has 0 saturated heterocycles. The maximum atomic E-state index is 13.5. The zero-order valence-electron chi connectivity index (χ0n) is 15.0. The number of aryl methyl sites for hydroxylation is 1. The minimum Gasteiger partial charge on any atom is -0.466 e. The second kappa shape index (κ2) is 8.12. The molecule has 8 heteroatoms. The molecular formula is C17H25O6PS. The maximum absolute atomic E-state index is 13.5. The van der Waals surface area contributed by atoms with Gasteiger partial charge >= 0.3 is 13.6 Å². The van der Waals surface area contributed by atoms with E-state index in [-0.39, 0.29) is 26.2 Å². The van der Waals surface area contributed by atoms with Crippen molar-refractivity contribution in [1.82, 2.24) is 0 Å². The summed E-state index contributed by atoms with van der Waals surface area (Å²) in [7, 11) is -5.51. The Labute approximate surface area is 151 Å². The van der Waals surface area contributed by atoms with Crippen molar-refractivity contribution in [1.29, 1.82) is 0 Å². The summed E-state index contributed by atoms with van der Waals surface area (Å²) in [6, 6.07) is 7.09. The normalized spacial score (nSPS) is 23.9. The first kappa shape index (κ1) is 20.3. The van der Waals surface area contributed by atoms with Gasteiger partial charge in [0.15, 0.2) is 4.49 Å². The standard InChI is InChI=1S/C17H25O6PS/c1-5-21-16(18)15-12-17(15,24(19,22-6-2)23-7-3)25(20)14-10-8-13(4)9-11-14/h8-11,15H,5-7,12H2,1-4H3/t15-,17-,25?/m0/s1. The van der Waals surface area contributed by atoms with E-state index >= 15 is 0 Å². The fourth-order valence-corrected chi connectivity index (χ4v) is 7.81. The third-order valence-electron chi connectivity index (χ3n) is 4.07. The van der Waals surface area contributed by atoms with Gasteiger partial charge in [-0.2, -0.15) is 0 Å². The van der Waals surface area contributed by atoms with E-state index in [1.807, 2.05) is 19.1 Å². The summed E-state index contributed by atoms with van der Waals surface area (Å²) in [5.41, 5.74) is 1.02. The molecule has 25 heavy (non-hydrogen) atoms. The van der Waals surface area contributed by atoms with Crippen LogP contribution in [0.2, 0.25) is 0 Å². The third-order valence-corrected chi connectivity index (χ3v) is 9.65. The van der Waals surface area contributed by atoms with E-state index < -0.39 is 34.8 Å². The number of hydrogen-bond acceptors (Lipinski definition) is 6. The Balaban J connectivity index is 2.47. The van der Waals surface area contributed by atoms with Crippen molar-refractivity contribution in [3.63, 3.8) is 0 Å². The molecule has 0 spiro atoms. The molecule has 0 amide bonds. The summed E-state index contributed by atoms with van der Waals surface area (Å²) in [4.78, 5) is 12.8. The van der Waals surface area contributed by atoms with Crippen LogP contribution in [0.15, 0.2) is 29.2 Å². The first-order chi connectivity index (χ1) is 11.9. The van der Waals surface area contributed by atoms with E-state index in [4.69, 9.17) is 13.8 Å². The van der Waals surface area contributed by atoms with Gasteiger partial charge in [0.25, 0.3) is 0 Å². The Morgan fingerprint density at radius 2 is 1.72 bits per heavy atom. The topological polar surface area (TPSA) is 78.9 Å². The number of carbonyl (C=O) groups excluding carboxylic acids is 1. The van der Waals surface area contributed by atoms with Crippen molar-refractivity contribution in [3.05, 3.63) is 29.8 Å². The van der Waals surface area contributed by atoms with Crippen molar-refractivity contribution in [3.8, 4) is 0 Å². The molecule has 0 heterocycles. The fourth-order valence-electron chi connectivity index (χ4n) is 2.81. The number of rotatable bonds is 9. The number of ether oxygens (including phenoxy) is 1. The Hall–Kier alpha value is -1.01. The zero-order chi connectivity index (χ0) is 18.7. The molecular weight excluding hydrogens is 363 g/mol. The lowest BCUT2D eigenvalue weighted by molar-refractivity contribution is -0.144. The van der Waals surface area contributed by atoms with Crippen LogP contribution in [0, 0.1) is 12.8 Å². The minimum absolute atomic E-state index is 0.139. The van der Waals surface area contributed by atoms with Crippen LogP contribution in [0.1, 0.15) is 32.8 Å². The van der Waals surface area contributed by atoms with Crippen molar-refractivity contribution in [2.24, 2.45) is 5.92 Å². The van der Waals surface area contributed by atoms with E-state index in [0.29, 0.717) is 4.90 Å². The highest BCUT2D eigenvalue weighted by molar-refractivity contribution is 7.95. The molecule has 1 aliphatic carbocycles. The molecule has 1 fully saturated rings. The van der Waals surface area contributed by atoms with Gasteiger partial charge < -0.3 is 13.8 Å². The summed E-state index contributed by atoms with van der Waals surface area (Å²) in [5, 5.41) is 0. The highest BCUT2D eigenvalue weighted by Crippen LogP contribution is 2.76. The summed E-state index contributed by atoms with van der Waals surface area (Å²) in [5.74, 6) is -1.28. The summed E-state index contributed by atoms with van der Waals surface area (Å²) in [6.45, 7) is 7.48. The van der Waals surface area contributed by atoms with Crippen molar-refractivity contribution < 1.29 is 27.4 Å². The maximum Gasteiger partial charge on any atom is 0.350 e. The minimum atomic E-state index is -3.78. The van der Waals surface area contributed by atoms with Gasteiger partial charge in [-0.05, 0) is 46.2 Å². The quantitative estimate of drug-likeness (QED) is 0.475. The fraction of sp³-hybridized carbons (Fsp3) is 0.588. The van der Waals surface area contributed by atoms with Crippen LogP contribution in [0.3, 0.4) is 0 Å². The molecule has 1 saturated carbocycles. The molecule has 0 radical (unpaired) electrons. The lowest BCUT2D eigenvalue weighted by Crippen LogP contribution is -2.27.